The molecular weight excluding hydrogens is 671 g/mol. The lowest BCUT2D eigenvalue weighted by atomic mass is 9.89. The van der Waals surface area contributed by atoms with Crippen molar-refractivity contribution >= 4 is 54.3 Å². The third-order valence-corrected chi connectivity index (χ3v) is 10.7. The van der Waals surface area contributed by atoms with E-state index in [-0.39, 0.29) is 0 Å². The molecule has 0 amide bonds. The quantitative estimate of drug-likeness (QED) is 0.132. The first-order valence-electron chi connectivity index (χ1n) is 18.5. The second-order valence-corrected chi connectivity index (χ2v) is 13.9. The lowest BCUT2D eigenvalue weighted by Crippen LogP contribution is -2.01. The summed E-state index contributed by atoms with van der Waals surface area (Å²) in [7, 11) is 0. The number of fused-ring (bicyclic) bond motifs is 7. The molecule has 0 atom stereocenters. The molecule has 0 bridgehead atoms. The van der Waals surface area contributed by atoms with Crippen molar-refractivity contribution in [3.05, 3.63) is 188 Å². The molecule has 0 radical (unpaired) electrons. The highest BCUT2D eigenvalue weighted by Gasteiger charge is 2.19. The predicted octanol–water partition coefficient (Wildman–Crippen LogP) is 13.6. The summed E-state index contributed by atoms with van der Waals surface area (Å²) in [5, 5.41) is 9.58. The van der Waals surface area contributed by atoms with Crippen molar-refractivity contribution in [2.24, 2.45) is 0 Å². The second kappa shape index (κ2) is 12.6. The lowest BCUT2D eigenvalue weighted by Gasteiger charge is -2.15. The van der Waals surface area contributed by atoms with Crippen molar-refractivity contribution in [1.29, 1.82) is 0 Å². The molecule has 0 fully saturated rings. The first-order chi connectivity index (χ1) is 27.3. The van der Waals surface area contributed by atoms with Crippen LogP contribution in [0.5, 0.6) is 0 Å². The lowest BCUT2D eigenvalue weighted by molar-refractivity contribution is 0.669. The van der Waals surface area contributed by atoms with Gasteiger partial charge in [-0.2, -0.15) is 0 Å². The molecule has 0 aliphatic rings. The fourth-order valence-electron chi connectivity index (χ4n) is 8.17. The zero-order chi connectivity index (χ0) is 36.3. The van der Waals surface area contributed by atoms with Gasteiger partial charge in [0.15, 0.2) is 17.5 Å². The molecule has 0 aliphatic heterocycles. The highest BCUT2D eigenvalue weighted by molar-refractivity contribution is 6.20. The van der Waals surface area contributed by atoms with Crippen molar-refractivity contribution in [2.45, 2.75) is 0 Å². The molecule has 0 N–H and O–H groups in total. The Morgan fingerprint density at radius 1 is 0.309 bits per heavy atom. The maximum absolute atomic E-state index is 6.28. The summed E-state index contributed by atoms with van der Waals surface area (Å²) in [6, 6.07) is 65.7. The number of para-hydroxylation sites is 1. The maximum Gasteiger partial charge on any atom is 0.164 e. The standard InChI is InChI=1S/C51H31N3O/c1-2-14-34(15-3-1)49-52-50(54-51(53-49)42-20-9-8-19-39(42)40-22-12-24-46-48(40)43-21-10-11-23-45(43)55-46)35-27-25-33(26-28-35)47-38-18-7-5-16-36(38)31-44-37-17-6-4-13-32(37)29-30-41(44)47/h1-31H. The van der Waals surface area contributed by atoms with Crippen LogP contribution in [0.3, 0.4) is 0 Å². The minimum absolute atomic E-state index is 0.611. The monoisotopic (exact) mass is 701 g/mol. The van der Waals surface area contributed by atoms with Gasteiger partial charge in [-0.05, 0) is 72.8 Å². The molecule has 4 heteroatoms. The SMILES string of the molecule is c1ccc(-c2nc(-c3ccc(-c4c5ccccc5cc5c4ccc4ccccc45)cc3)nc(-c3ccccc3-c3cccc4oc5ccccc5c34)n2)cc1. The molecule has 11 aromatic rings. The van der Waals surface area contributed by atoms with Crippen LogP contribution in [0.2, 0.25) is 0 Å². The normalized spacial score (nSPS) is 11.6. The topological polar surface area (TPSA) is 51.8 Å². The fraction of sp³-hybridized carbons (Fsp3) is 0. The largest absolute Gasteiger partial charge is 0.456 e. The van der Waals surface area contributed by atoms with Gasteiger partial charge in [0.1, 0.15) is 11.2 Å². The van der Waals surface area contributed by atoms with Crippen molar-refractivity contribution in [2.75, 3.05) is 0 Å². The van der Waals surface area contributed by atoms with Crippen LogP contribution in [0.4, 0.5) is 0 Å². The average Bonchev–Trinajstić information content (AvgIpc) is 3.65. The van der Waals surface area contributed by atoms with E-state index in [1.54, 1.807) is 0 Å². The van der Waals surface area contributed by atoms with Crippen molar-refractivity contribution < 1.29 is 4.42 Å². The second-order valence-electron chi connectivity index (χ2n) is 13.9. The zero-order valence-electron chi connectivity index (χ0n) is 29.6. The Kier molecular flexibility index (Phi) is 7.14. The average molecular weight is 702 g/mol. The van der Waals surface area contributed by atoms with E-state index in [1.807, 2.05) is 60.7 Å². The van der Waals surface area contributed by atoms with Crippen molar-refractivity contribution in [1.82, 2.24) is 15.0 Å². The smallest absolute Gasteiger partial charge is 0.164 e. The Bertz CT molecular complexity index is 3260. The van der Waals surface area contributed by atoms with Gasteiger partial charge in [0.2, 0.25) is 0 Å². The van der Waals surface area contributed by atoms with Crippen LogP contribution < -0.4 is 0 Å². The van der Waals surface area contributed by atoms with E-state index in [0.29, 0.717) is 17.5 Å². The van der Waals surface area contributed by atoms with Crippen LogP contribution in [0.15, 0.2) is 192 Å². The number of hydrogen-bond acceptors (Lipinski definition) is 4. The first kappa shape index (κ1) is 31.1. The Morgan fingerprint density at radius 3 is 1.71 bits per heavy atom. The molecule has 0 saturated heterocycles. The number of rotatable bonds is 5. The van der Waals surface area contributed by atoms with Gasteiger partial charge >= 0.3 is 0 Å². The molecule has 0 spiro atoms. The Labute approximate surface area is 317 Å². The van der Waals surface area contributed by atoms with Crippen LogP contribution >= 0.6 is 0 Å². The van der Waals surface area contributed by atoms with Gasteiger partial charge < -0.3 is 4.42 Å². The summed E-state index contributed by atoms with van der Waals surface area (Å²) in [4.78, 5) is 15.4. The molecule has 2 aromatic heterocycles. The van der Waals surface area contributed by atoms with E-state index in [0.717, 1.165) is 55.3 Å². The highest BCUT2D eigenvalue weighted by atomic mass is 16.3. The molecule has 55 heavy (non-hydrogen) atoms. The minimum Gasteiger partial charge on any atom is -0.456 e. The van der Waals surface area contributed by atoms with Gasteiger partial charge in [0, 0.05) is 27.5 Å². The van der Waals surface area contributed by atoms with Gasteiger partial charge in [-0.15, -0.1) is 0 Å². The van der Waals surface area contributed by atoms with E-state index < -0.39 is 0 Å². The molecule has 0 saturated carbocycles. The Hall–Kier alpha value is -7.43. The van der Waals surface area contributed by atoms with Crippen LogP contribution in [0.1, 0.15) is 0 Å². The van der Waals surface area contributed by atoms with Crippen LogP contribution in [0.25, 0.3) is 111 Å². The summed E-state index contributed by atoms with van der Waals surface area (Å²) in [5.74, 6) is 1.85. The van der Waals surface area contributed by atoms with Gasteiger partial charge in [0.05, 0.1) is 0 Å². The Morgan fingerprint density at radius 2 is 0.891 bits per heavy atom. The molecular formula is C51H31N3O. The summed E-state index contributed by atoms with van der Waals surface area (Å²) >= 11 is 0. The minimum atomic E-state index is 0.611. The van der Waals surface area contributed by atoms with Crippen molar-refractivity contribution in [3.8, 4) is 56.4 Å². The fourth-order valence-corrected chi connectivity index (χ4v) is 8.17. The maximum atomic E-state index is 6.28. The van der Waals surface area contributed by atoms with E-state index in [9.17, 15) is 0 Å². The van der Waals surface area contributed by atoms with E-state index in [2.05, 4.69) is 127 Å². The van der Waals surface area contributed by atoms with Gasteiger partial charge in [-0.3, -0.25) is 0 Å². The number of nitrogens with zero attached hydrogens (tertiary/aromatic N) is 3. The molecule has 256 valence electrons. The van der Waals surface area contributed by atoms with E-state index >= 15 is 0 Å². The zero-order valence-corrected chi connectivity index (χ0v) is 29.6. The van der Waals surface area contributed by atoms with E-state index in [4.69, 9.17) is 19.4 Å². The summed E-state index contributed by atoms with van der Waals surface area (Å²) in [6.07, 6.45) is 0. The number of furan rings is 1. The molecule has 9 aromatic carbocycles. The molecule has 2 heterocycles. The molecule has 11 rings (SSSR count). The summed E-state index contributed by atoms with van der Waals surface area (Å²) < 4.78 is 6.28. The van der Waals surface area contributed by atoms with Crippen molar-refractivity contribution in [3.63, 3.8) is 0 Å². The molecule has 4 nitrogen and oxygen atoms in total. The van der Waals surface area contributed by atoms with Crippen LogP contribution in [-0.2, 0) is 0 Å². The molecule has 0 aliphatic carbocycles. The third kappa shape index (κ3) is 5.19. The van der Waals surface area contributed by atoms with Crippen LogP contribution in [-0.4, -0.2) is 15.0 Å². The van der Waals surface area contributed by atoms with Gasteiger partial charge in [0.25, 0.3) is 0 Å². The van der Waals surface area contributed by atoms with E-state index in [1.165, 1.54) is 37.9 Å². The highest BCUT2D eigenvalue weighted by Crippen LogP contribution is 2.42. The van der Waals surface area contributed by atoms with Crippen LogP contribution in [0, 0.1) is 0 Å². The van der Waals surface area contributed by atoms with Gasteiger partial charge in [-0.25, -0.2) is 15.0 Å². The Balaban J connectivity index is 1.09. The number of benzene rings is 9. The summed E-state index contributed by atoms with van der Waals surface area (Å²) in [5.41, 5.74) is 8.95. The first-order valence-corrected chi connectivity index (χ1v) is 18.5. The predicted molar refractivity (Wildman–Crippen MR) is 227 cm³/mol. The number of aromatic nitrogens is 3. The molecule has 0 unspecified atom stereocenters. The van der Waals surface area contributed by atoms with Gasteiger partial charge in [-0.1, -0.05) is 170 Å². The third-order valence-electron chi connectivity index (χ3n) is 10.7. The number of hydrogen-bond donors (Lipinski definition) is 0. The summed E-state index contributed by atoms with van der Waals surface area (Å²) in [6.45, 7) is 0.